The van der Waals surface area contributed by atoms with Crippen molar-refractivity contribution in [3.8, 4) is 11.5 Å². The number of methoxy groups -OCH3 is 1. The fourth-order valence-electron chi connectivity index (χ4n) is 3.11. The Morgan fingerprint density at radius 1 is 1.26 bits per heavy atom. The van der Waals surface area contributed by atoms with Gasteiger partial charge >= 0.3 is 0 Å². The first-order valence-corrected chi connectivity index (χ1v) is 10.9. The highest BCUT2D eigenvalue weighted by Crippen LogP contribution is 2.32. The number of carbonyl (C=O) groups is 1. The summed E-state index contributed by atoms with van der Waals surface area (Å²) in [6.07, 6.45) is 1.74. The highest BCUT2D eigenvalue weighted by atomic mass is 32.2. The number of thioether (sulfide) groups is 1. The zero-order valence-electron chi connectivity index (χ0n) is 17.4. The van der Waals surface area contributed by atoms with Crippen molar-refractivity contribution in [2.24, 2.45) is 0 Å². The van der Waals surface area contributed by atoms with Crippen molar-refractivity contribution in [3.05, 3.63) is 30.0 Å². The monoisotopic (exact) mass is 444 g/mol. The fraction of sp³-hybridized carbons (Fsp3) is 0.400. The van der Waals surface area contributed by atoms with Gasteiger partial charge in [0.2, 0.25) is 6.79 Å². The third kappa shape index (κ3) is 4.83. The summed E-state index contributed by atoms with van der Waals surface area (Å²) in [6, 6.07) is 5.13. The molecule has 10 nitrogen and oxygen atoms in total. The van der Waals surface area contributed by atoms with Crippen LogP contribution in [0.3, 0.4) is 0 Å². The minimum Gasteiger partial charge on any atom is -0.454 e. The topological polar surface area (TPSA) is 112 Å². The molecule has 2 aromatic heterocycles. The van der Waals surface area contributed by atoms with E-state index in [9.17, 15) is 4.79 Å². The molecule has 0 bridgehead atoms. The van der Waals surface area contributed by atoms with Gasteiger partial charge in [-0.2, -0.15) is 5.10 Å². The molecule has 4 rings (SSSR count). The first-order chi connectivity index (χ1) is 15.2. The van der Waals surface area contributed by atoms with Gasteiger partial charge in [-0.15, -0.1) is 0 Å². The molecule has 0 radical (unpaired) electrons. The van der Waals surface area contributed by atoms with E-state index in [4.69, 9.17) is 14.2 Å². The second kappa shape index (κ2) is 9.84. The van der Waals surface area contributed by atoms with Crippen LogP contribution in [0, 0.1) is 0 Å². The van der Waals surface area contributed by atoms with Crippen molar-refractivity contribution < 1.29 is 19.0 Å². The molecule has 164 valence electrons. The molecular formula is C20H24N6O4S. The van der Waals surface area contributed by atoms with Gasteiger partial charge in [0.25, 0.3) is 5.91 Å². The molecule has 0 saturated heterocycles. The molecule has 1 amide bonds. The molecule has 3 aromatic rings. The van der Waals surface area contributed by atoms with Crippen molar-refractivity contribution in [1.29, 1.82) is 0 Å². The van der Waals surface area contributed by atoms with Crippen LogP contribution in [0.5, 0.6) is 11.5 Å². The Morgan fingerprint density at radius 3 is 2.97 bits per heavy atom. The van der Waals surface area contributed by atoms with Gasteiger partial charge in [-0.25, -0.2) is 14.6 Å². The lowest BCUT2D eigenvalue weighted by molar-refractivity contribution is 0.0951. The molecule has 0 spiro atoms. The molecule has 0 fully saturated rings. The SMILES string of the molecule is CCSc1nc(NCCOC)c2cnn(CCNC(=O)c3ccc4c(c3)OCO4)c2n1. The van der Waals surface area contributed by atoms with Crippen LogP contribution >= 0.6 is 11.8 Å². The first-order valence-electron chi connectivity index (χ1n) is 9.96. The summed E-state index contributed by atoms with van der Waals surface area (Å²) in [7, 11) is 1.66. The molecule has 3 heterocycles. The smallest absolute Gasteiger partial charge is 0.251 e. The second-order valence-electron chi connectivity index (χ2n) is 6.64. The van der Waals surface area contributed by atoms with E-state index in [1.165, 1.54) is 0 Å². The minimum atomic E-state index is -0.187. The van der Waals surface area contributed by atoms with Crippen molar-refractivity contribution in [3.63, 3.8) is 0 Å². The van der Waals surface area contributed by atoms with E-state index < -0.39 is 0 Å². The summed E-state index contributed by atoms with van der Waals surface area (Å²) in [5, 5.41) is 12.2. The Labute approximate surface area is 183 Å². The molecule has 1 aliphatic heterocycles. The van der Waals surface area contributed by atoms with Crippen LogP contribution in [0.25, 0.3) is 11.0 Å². The van der Waals surface area contributed by atoms with E-state index in [1.807, 2.05) is 0 Å². The predicted octanol–water partition coefficient (Wildman–Crippen LogP) is 2.16. The third-order valence-corrected chi connectivity index (χ3v) is 5.32. The highest BCUT2D eigenvalue weighted by molar-refractivity contribution is 7.99. The lowest BCUT2D eigenvalue weighted by Gasteiger charge is -2.10. The Morgan fingerprint density at radius 2 is 2.13 bits per heavy atom. The van der Waals surface area contributed by atoms with Crippen LogP contribution in [0.4, 0.5) is 5.82 Å². The van der Waals surface area contributed by atoms with Gasteiger partial charge in [0.15, 0.2) is 22.3 Å². The van der Waals surface area contributed by atoms with Crippen LogP contribution in [-0.4, -0.2) is 65.0 Å². The van der Waals surface area contributed by atoms with E-state index in [1.54, 1.807) is 47.9 Å². The number of hydrogen-bond donors (Lipinski definition) is 2. The maximum atomic E-state index is 12.5. The number of anilines is 1. The summed E-state index contributed by atoms with van der Waals surface area (Å²) in [5.41, 5.74) is 1.24. The van der Waals surface area contributed by atoms with Gasteiger partial charge in [-0.1, -0.05) is 18.7 Å². The first kappa shape index (κ1) is 21.2. The highest BCUT2D eigenvalue weighted by Gasteiger charge is 2.17. The molecule has 11 heteroatoms. The van der Waals surface area contributed by atoms with Crippen molar-refractivity contribution >= 4 is 34.5 Å². The zero-order valence-corrected chi connectivity index (χ0v) is 18.2. The van der Waals surface area contributed by atoms with Crippen LogP contribution in [-0.2, 0) is 11.3 Å². The molecule has 0 saturated carbocycles. The summed E-state index contributed by atoms with van der Waals surface area (Å²) in [5.74, 6) is 2.64. The van der Waals surface area contributed by atoms with Gasteiger partial charge in [0.05, 0.1) is 24.7 Å². The van der Waals surface area contributed by atoms with Crippen LogP contribution in [0.2, 0.25) is 0 Å². The molecule has 0 atom stereocenters. The van der Waals surface area contributed by atoms with E-state index in [-0.39, 0.29) is 12.7 Å². The third-order valence-electron chi connectivity index (χ3n) is 4.59. The van der Waals surface area contributed by atoms with Crippen LogP contribution in [0.1, 0.15) is 17.3 Å². The second-order valence-corrected chi connectivity index (χ2v) is 7.87. The number of fused-ring (bicyclic) bond motifs is 2. The Balaban J connectivity index is 1.44. The number of rotatable bonds is 10. The van der Waals surface area contributed by atoms with Gasteiger partial charge in [-0.05, 0) is 24.0 Å². The maximum absolute atomic E-state index is 12.5. The van der Waals surface area contributed by atoms with Gasteiger partial charge in [0, 0.05) is 25.8 Å². The number of carbonyl (C=O) groups excluding carboxylic acids is 1. The van der Waals surface area contributed by atoms with Gasteiger partial charge in [-0.3, -0.25) is 4.79 Å². The Kier molecular flexibility index (Phi) is 6.73. The molecule has 2 N–H and O–H groups in total. The van der Waals surface area contributed by atoms with E-state index in [2.05, 4.69) is 32.6 Å². The number of hydrogen-bond acceptors (Lipinski definition) is 9. The largest absolute Gasteiger partial charge is 0.454 e. The fourth-order valence-corrected chi connectivity index (χ4v) is 3.68. The maximum Gasteiger partial charge on any atom is 0.251 e. The van der Waals surface area contributed by atoms with Gasteiger partial charge in [0.1, 0.15) is 5.82 Å². The van der Waals surface area contributed by atoms with E-state index in [0.29, 0.717) is 48.5 Å². The zero-order chi connectivity index (χ0) is 21.6. The molecule has 1 aromatic carbocycles. The Hall–Kier alpha value is -3.05. The molecular weight excluding hydrogens is 420 g/mol. The summed E-state index contributed by atoms with van der Waals surface area (Å²) in [6.45, 7) is 4.31. The summed E-state index contributed by atoms with van der Waals surface area (Å²) < 4.78 is 17.5. The van der Waals surface area contributed by atoms with Crippen LogP contribution in [0.15, 0.2) is 29.6 Å². The van der Waals surface area contributed by atoms with E-state index in [0.717, 1.165) is 22.6 Å². The molecule has 0 unspecified atom stereocenters. The van der Waals surface area contributed by atoms with E-state index >= 15 is 0 Å². The number of aromatic nitrogens is 4. The summed E-state index contributed by atoms with van der Waals surface area (Å²) in [4.78, 5) is 21.7. The summed E-state index contributed by atoms with van der Waals surface area (Å²) >= 11 is 1.56. The minimum absolute atomic E-state index is 0.176. The number of ether oxygens (including phenoxy) is 3. The van der Waals surface area contributed by atoms with Gasteiger partial charge < -0.3 is 24.8 Å². The standard InChI is InChI=1S/C20H24N6O4S/c1-3-31-20-24-17(21-7-9-28-2)14-11-23-26(18(14)25-20)8-6-22-19(27)13-4-5-15-16(10-13)30-12-29-15/h4-5,10-11H,3,6-9,12H2,1-2H3,(H,22,27)(H,21,24,25). The average Bonchev–Trinajstić information content (AvgIpc) is 3.40. The predicted molar refractivity (Wildman–Crippen MR) is 117 cm³/mol. The lowest BCUT2D eigenvalue weighted by Crippen LogP contribution is -2.27. The lowest BCUT2D eigenvalue weighted by atomic mass is 10.2. The number of amides is 1. The van der Waals surface area contributed by atoms with Crippen molar-refractivity contribution in [2.75, 3.05) is 44.7 Å². The molecule has 31 heavy (non-hydrogen) atoms. The number of nitrogens with one attached hydrogen (secondary N) is 2. The normalized spacial score (nSPS) is 12.3. The molecule has 0 aliphatic carbocycles. The number of benzene rings is 1. The average molecular weight is 445 g/mol. The van der Waals surface area contributed by atoms with Crippen LogP contribution < -0.4 is 20.1 Å². The van der Waals surface area contributed by atoms with Crippen molar-refractivity contribution in [1.82, 2.24) is 25.1 Å². The quantitative estimate of drug-likeness (QED) is 0.276. The molecule has 1 aliphatic rings. The number of nitrogens with zero attached hydrogens (tertiary/aromatic N) is 4. The Bertz CT molecular complexity index is 1070. The van der Waals surface area contributed by atoms with Crippen molar-refractivity contribution in [2.45, 2.75) is 18.6 Å².